The molecule has 3 rings (SSSR count). The Labute approximate surface area is 240 Å². The number of nitrogens with zero attached hydrogens (tertiary/aromatic N) is 3. The van der Waals surface area contributed by atoms with Gasteiger partial charge in [0.2, 0.25) is 0 Å². The number of hydroxylamine groups is 1. The number of hydrogen-bond acceptors (Lipinski definition) is 8. The fourth-order valence-corrected chi connectivity index (χ4v) is 6.12. The Morgan fingerprint density at radius 3 is 2.15 bits per heavy atom. The molecule has 1 saturated heterocycles. The van der Waals surface area contributed by atoms with Crippen molar-refractivity contribution in [1.29, 1.82) is 0 Å². The molecule has 9 nitrogen and oxygen atoms in total. The molecule has 2 aromatic rings. The van der Waals surface area contributed by atoms with E-state index in [2.05, 4.69) is 9.97 Å². The number of halogens is 7. The number of alkyl halides is 5. The molecule has 17 heteroatoms. The zero-order chi connectivity index (χ0) is 28.2. The molecule has 0 unspecified atom stereocenters. The van der Waals surface area contributed by atoms with E-state index in [1.165, 1.54) is 35.9 Å². The molecule has 2 heterocycles. The van der Waals surface area contributed by atoms with E-state index < -0.39 is 45.4 Å². The van der Waals surface area contributed by atoms with Gasteiger partial charge in [-0.2, -0.15) is 22.0 Å². The summed E-state index contributed by atoms with van der Waals surface area (Å²) < 4.78 is 93.5. The lowest BCUT2D eigenvalue weighted by Crippen LogP contribution is -2.58. The molecule has 1 aromatic carbocycles. The van der Waals surface area contributed by atoms with Gasteiger partial charge in [-0.15, -0.1) is 24.8 Å². The van der Waals surface area contributed by atoms with Crippen LogP contribution in [0.25, 0.3) is 11.3 Å². The van der Waals surface area contributed by atoms with E-state index in [0.29, 0.717) is 31.8 Å². The van der Waals surface area contributed by atoms with Crippen molar-refractivity contribution in [3.05, 3.63) is 42.4 Å². The summed E-state index contributed by atoms with van der Waals surface area (Å²) in [4.78, 5) is 22.3. The van der Waals surface area contributed by atoms with Gasteiger partial charge in [0.25, 0.3) is 5.91 Å². The standard InChI is InChI=1S/C23H27F5N4O5S.2ClH/c1-37-13-12-32-10-8-21(9-11-32,20(33)31-34)38(35,36)18-4-2-16(3-5-18)19-15-29-17(14-30-19)6-7-22(24,25)23(26,27)28;;/h2-5,14-15,34H,6-13H2,1H3,(H,31,33);2*1H. The number of amides is 1. The molecule has 226 valence electrons. The van der Waals surface area contributed by atoms with E-state index in [4.69, 9.17) is 4.74 Å². The lowest BCUT2D eigenvalue weighted by molar-refractivity contribution is -0.284. The number of carbonyl (C=O) groups is 1. The van der Waals surface area contributed by atoms with E-state index in [9.17, 15) is 40.4 Å². The maximum Gasteiger partial charge on any atom is 0.453 e. The second-order valence-corrected chi connectivity index (χ2v) is 11.2. The largest absolute Gasteiger partial charge is 0.453 e. The first-order chi connectivity index (χ1) is 17.8. The lowest BCUT2D eigenvalue weighted by atomic mass is 9.95. The summed E-state index contributed by atoms with van der Waals surface area (Å²) in [7, 11) is -2.70. The highest BCUT2D eigenvalue weighted by atomic mass is 35.5. The number of nitrogens with one attached hydrogen (secondary N) is 1. The first-order valence-electron chi connectivity index (χ1n) is 11.5. The third-order valence-electron chi connectivity index (χ3n) is 6.58. The fraction of sp³-hybridized carbons (Fsp3) is 0.522. The number of likely N-dealkylation sites (tertiary alicyclic amines) is 1. The van der Waals surface area contributed by atoms with Crippen LogP contribution in [0.3, 0.4) is 0 Å². The third-order valence-corrected chi connectivity index (χ3v) is 9.10. The number of piperidine rings is 1. The monoisotopic (exact) mass is 638 g/mol. The Kier molecular flexibility index (Phi) is 12.7. The maximum absolute atomic E-state index is 13.6. The predicted molar refractivity (Wildman–Crippen MR) is 139 cm³/mol. The molecule has 0 atom stereocenters. The predicted octanol–water partition coefficient (Wildman–Crippen LogP) is 3.88. The van der Waals surface area contributed by atoms with Crippen molar-refractivity contribution in [3.63, 3.8) is 0 Å². The van der Waals surface area contributed by atoms with Crippen molar-refractivity contribution in [1.82, 2.24) is 20.3 Å². The van der Waals surface area contributed by atoms with Crippen molar-refractivity contribution < 1.29 is 45.1 Å². The van der Waals surface area contributed by atoms with Crippen LogP contribution in [0.15, 0.2) is 41.6 Å². The second kappa shape index (κ2) is 14.1. The van der Waals surface area contributed by atoms with Gasteiger partial charge >= 0.3 is 12.1 Å². The van der Waals surface area contributed by atoms with Crippen LogP contribution >= 0.6 is 24.8 Å². The van der Waals surface area contributed by atoms with Crippen LogP contribution in [0.5, 0.6) is 0 Å². The van der Waals surface area contributed by atoms with Crippen LogP contribution in [0.4, 0.5) is 22.0 Å². The van der Waals surface area contributed by atoms with Crippen LogP contribution < -0.4 is 5.48 Å². The molecule has 2 N–H and O–H groups in total. The summed E-state index contributed by atoms with van der Waals surface area (Å²) in [6, 6.07) is 5.36. The van der Waals surface area contributed by atoms with Crippen LogP contribution in [-0.4, -0.2) is 84.6 Å². The van der Waals surface area contributed by atoms with Gasteiger partial charge in [-0.3, -0.25) is 20.0 Å². The third kappa shape index (κ3) is 7.56. The Balaban J connectivity index is 0.00000400. The van der Waals surface area contributed by atoms with E-state index >= 15 is 0 Å². The molecule has 1 aliphatic heterocycles. The van der Waals surface area contributed by atoms with Gasteiger partial charge in [-0.05, 0) is 31.4 Å². The molecule has 0 spiro atoms. The summed E-state index contributed by atoms with van der Waals surface area (Å²) >= 11 is 0. The van der Waals surface area contributed by atoms with Crippen molar-refractivity contribution in [2.45, 2.75) is 47.4 Å². The Morgan fingerprint density at radius 2 is 1.68 bits per heavy atom. The minimum absolute atomic E-state index is 0. The number of carbonyl (C=O) groups excluding carboxylic acids is 1. The fourth-order valence-electron chi connectivity index (χ4n) is 4.17. The molecule has 1 aromatic heterocycles. The molecule has 1 aliphatic rings. The van der Waals surface area contributed by atoms with Gasteiger partial charge in [-0.1, -0.05) is 12.1 Å². The number of hydrogen-bond donors (Lipinski definition) is 2. The molecule has 0 saturated carbocycles. The van der Waals surface area contributed by atoms with E-state index in [0.717, 1.165) is 6.20 Å². The van der Waals surface area contributed by atoms with Crippen molar-refractivity contribution in [3.8, 4) is 11.3 Å². The van der Waals surface area contributed by atoms with Gasteiger partial charge in [0.1, 0.15) is 0 Å². The molecule has 1 amide bonds. The molecular weight excluding hydrogens is 610 g/mol. The van der Waals surface area contributed by atoms with Gasteiger partial charge in [0.05, 0.1) is 29.1 Å². The summed E-state index contributed by atoms with van der Waals surface area (Å²) in [5, 5.41) is 9.30. The molecular formula is C23H29Cl2F5N4O5S. The molecule has 40 heavy (non-hydrogen) atoms. The molecule has 1 fully saturated rings. The van der Waals surface area contributed by atoms with Crippen LogP contribution in [0, 0.1) is 0 Å². The molecule has 0 aliphatic carbocycles. The summed E-state index contributed by atoms with van der Waals surface area (Å²) in [6.45, 7) is 1.60. The van der Waals surface area contributed by atoms with E-state index in [1.807, 2.05) is 4.90 Å². The number of sulfone groups is 1. The Hall–Kier alpha value is -2.17. The average Bonchev–Trinajstić information content (AvgIpc) is 2.90. The summed E-state index contributed by atoms with van der Waals surface area (Å²) in [5.41, 5.74) is 2.06. The number of methoxy groups -OCH3 is 1. The highest BCUT2D eigenvalue weighted by Crippen LogP contribution is 2.39. The van der Waals surface area contributed by atoms with Gasteiger partial charge in [0.15, 0.2) is 14.6 Å². The van der Waals surface area contributed by atoms with Gasteiger partial charge in [0, 0.05) is 44.9 Å². The van der Waals surface area contributed by atoms with Gasteiger partial charge in [-0.25, -0.2) is 13.9 Å². The van der Waals surface area contributed by atoms with E-state index in [-0.39, 0.29) is 53.9 Å². The summed E-state index contributed by atoms with van der Waals surface area (Å²) in [6.07, 6.45) is -5.61. The zero-order valence-electron chi connectivity index (χ0n) is 21.2. The minimum Gasteiger partial charge on any atom is -0.383 e. The number of benzene rings is 1. The highest BCUT2D eigenvalue weighted by Gasteiger charge is 2.56. The Bertz CT molecular complexity index is 1210. The van der Waals surface area contributed by atoms with Crippen molar-refractivity contribution in [2.75, 3.05) is 33.4 Å². The average molecular weight is 639 g/mol. The highest BCUT2D eigenvalue weighted by molar-refractivity contribution is 7.93. The van der Waals surface area contributed by atoms with Crippen molar-refractivity contribution in [2.24, 2.45) is 0 Å². The van der Waals surface area contributed by atoms with Crippen LogP contribution in [-0.2, 0) is 25.8 Å². The van der Waals surface area contributed by atoms with Crippen molar-refractivity contribution >= 4 is 40.6 Å². The van der Waals surface area contributed by atoms with Crippen LogP contribution in [0.1, 0.15) is 25.0 Å². The maximum atomic E-state index is 13.6. The number of rotatable bonds is 10. The minimum atomic E-state index is -5.65. The molecule has 0 bridgehead atoms. The number of aryl methyl sites for hydroxylation is 1. The first-order valence-corrected chi connectivity index (χ1v) is 13.0. The lowest BCUT2D eigenvalue weighted by Gasteiger charge is -2.39. The molecule has 0 radical (unpaired) electrons. The topological polar surface area (TPSA) is 122 Å². The van der Waals surface area contributed by atoms with Gasteiger partial charge < -0.3 is 9.64 Å². The number of ether oxygens (including phenoxy) is 1. The van der Waals surface area contributed by atoms with E-state index in [1.54, 1.807) is 7.11 Å². The summed E-state index contributed by atoms with van der Waals surface area (Å²) in [5.74, 6) is -5.87. The Morgan fingerprint density at radius 1 is 1.07 bits per heavy atom. The second-order valence-electron chi connectivity index (χ2n) is 8.89. The SMILES string of the molecule is COCCN1CCC(C(=O)NO)(S(=O)(=O)c2ccc(-c3cnc(CCC(F)(F)C(F)(F)F)cn3)cc2)CC1.Cl.Cl. The van der Waals surface area contributed by atoms with Crippen LogP contribution in [0.2, 0.25) is 0 Å². The smallest absolute Gasteiger partial charge is 0.383 e. The first kappa shape index (κ1) is 35.9. The quantitative estimate of drug-likeness (QED) is 0.228. The normalized spacial score (nSPS) is 16.0. The number of aromatic nitrogens is 2. The zero-order valence-corrected chi connectivity index (χ0v) is 23.6.